The summed E-state index contributed by atoms with van der Waals surface area (Å²) in [6.07, 6.45) is 3.23. The zero-order chi connectivity index (χ0) is 17.4. The lowest BCUT2D eigenvalue weighted by Gasteiger charge is -2.15. The molecule has 2 heterocycles. The van der Waals surface area contributed by atoms with Crippen LogP contribution in [0, 0.1) is 5.92 Å². The number of para-hydroxylation sites is 2. The number of nitrogens with one attached hydrogen (secondary N) is 1. The molecule has 4 rings (SSSR count). The molecule has 1 saturated carbocycles. The summed E-state index contributed by atoms with van der Waals surface area (Å²) in [4.78, 5) is 30.9. The number of likely N-dealkylation sites (tertiary alicyclic amines) is 1. The summed E-state index contributed by atoms with van der Waals surface area (Å²) in [5.41, 5.74) is 2.12. The molecule has 2 fully saturated rings. The Hall–Kier alpha value is -2.37. The first-order valence-corrected chi connectivity index (χ1v) is 9.18. The Morgan fingerprint density at radius 2 is 2.12 bits per heavy atom. The van der Waals surface area contributed by atoms with Gasteiger partial charge in [0.15, 0.2) is 0 Å². The Morgan fingerprint density at radius 3 is 2.88 bits per heavy atom. The molecule has 6 nitrogen and oxygen atoms in total. The minimum Gasteiger partial charge on any atom is -0.355 e. The third-order valence-electron chi connectivity index (χ3n) is 5.21. The van der Waals surface area contributed by atoms with Crippen molar-refractivity contribution in [2.75, 3.05) is 13.1 Å². The summed E-state index contributed by atoms with van der Waals surface area (Å²) in [6, 6.07) is 8.49. The van der Waals surface area contributed by atoms with Crippen molar-refractivity contribution in [1.29, 1.82) is 0 Å². The van der Waals surface area contributed by atoms with Gasteiger partial charge in [0.2, 0.25) is 11.8 Å². The number of fused-ring (bicyclic) bond motifs is 1. The van der Waals surface area contributed by atoms with Gasteiger partial charge in [-0.15, -0.1) is 0 Å². The molecule has 0 radical (unpaired) electrons. The Morgan fingerprint density at radius 1 is 1.32 bits per heavy atom. The van der Waals surface area contributed by atoms with E-state index in [9.17, 15) is 9.59 Å². The number of rotatable bonds is 6. The van der Waals surface area contributed by atoms with Crippen LogP contribution in [0.15, 0.2) is 24.3 Å². The number of benzene rings is 1. The molecule has 0 spiro atoms. The monoisotopic (exact) mass is 340 g/mol. The van der Waals surface area contributed by atoms with E-state index >= 15 is 0 Å². The van der Waals surface area contributed by atoms with Crippen LogP contribution in [0.25, 0.3) is 11.0 Å². The predicted octanol–water partition coefficient (Wildman–Crippen LogP) is 1.73. The standard InChI is InChI=1S/C19H24N4O2/c1-2-22-16-6-4-3-5-15(16)21-17(22)9-10-20-19(25)13-11-18(24)23(12-13)14-7-8-14/h3-6,13-14H,2,7-12H2,1H3,(H,20,25). The number of carbonyl (C=O) groups excluding carboxylic acids is 2. The largest absolute Gasteiger partial charge is 0.355 e. The topological polar surface area (TPSA) is 67.2 Å². The highest BCUT2D eigenvalue weighted by molar-refractivity contribution is 5.89. The summed E-state index contributed by atoms with van der Waals surface area (Å²) in [7, 11) is 0. The first-order chi connectivity index (χ1) is 12.2. The molecular formula is C19H24N4O2. The van der Waals surface area contributed by atoms with Crippen LogP contribution in [0.4, 0.5) is 0 Å². The highest BCUT2D eigenvalue weighted by atomic mass is 16.2. The van der Waals surface area contributed by atoms with Gasteiger partial charge < -0.3 is 14.8 Å². The predicted molar refractivity (Wildman–Crippen MR) is 95.0 cm³/mol. The Labute approximate surface area is 147 Å². The molecule has 1 aliphatic heterocycles. The van der Waals surface area contributed by atoms with Crippen LogP contribution in [-0.2, 0) is 22.6 Å². The maximum Gasteiger partial charge on any atom is 0.225 e. The summed E-state index contributed by atoms with van der Waals surface area (Å²) < 4.78 is 2.19. The fourth-order valence-corrected chi connectivity index (χ4v) is 3.76. The van der Waals surface area contributed by atoms with Gasteiger partial charge in [0.1, 0.15) is 5.82 Å². The van der Waals surface area contributed by atoms with Crippen molar-refractivity contribution in [2.24, 2.45) is 5.92 Å². The summed E-state index contributed by atoms with van der Waals surface area (Å²) in [5, 5.41) is 3.00. The van der Waals surface area contributed by atoms with E-state index in [1.807, 2.05) is 23.1 Å². The SMILES string of the molecule is CCn1c(CCNC(=O)C2CC(=O)N(C3CC3)C2)nc2ccccc21. The molecule has 1 aliphatic carbocycles. The van der Waals surface area contributed by atoms with E-state index < -0.39 is 0 Å². The molecule has 1 aromatic carbocycles. The highest BCUT2D eigenvalue weighted by Gasteiger charge is 2.41. The van der Waals surface area contributed by atoms with Crippen LogP contribution in [-0.4, -0.2) is 45.4 Å². The fraction of sp³-hybridized carbons (Fsp3) is 0.526. The zero-order valence-electron chi connectivity index (χ0n) is 14.6. The molecule has 2 aliphatic rings. The van der Waals surface area contributed by atoms with Crippen molar-refractivity contribution in [1.82, 2.24) is 19.8 Å². The van der Waals surface area contributed by atoms with Crippen molar-refractivity contribution >= 4 is 22.8 Å². The van der Waals surface area contributed by atoms with Crippen LogP contribution in [0.5, 0.6) is 0 Å². The van der Waals surface area contributed by atoms with Gasteiger partial charge in [-0.3, -0.25) is 9.59 Å². The van der Waals surface area contributed by atoms with Crippen LogP contribution < -0.4 is 5.32 Å². The summed E-state index contributed by atoms with van der Waals surface area (Å²) in [5.74, 6) is 0.926. The second kappa shape index (κ2) is 6.50. The molecule has 1 aromatic heterocycles. The molecule has 6 heteroatoms. The maximum absolute atomic E-state index is 12.4. The molecule has 0 bridgehead atoms. The van der Waals surface area contributed by atoms with Gasteiger partial charge in [-0.2, -0.15) is 0 Å². The third kappa shape index (κ3) is 3.13. The van der Waals surface area contributed by atoms with Gasteiger partial charge in [-0.1, -0.05) is 12.1 Å². The van der Waals surface area contributed by atoms with Crippen molar-refractivity contribution in [3.8, 4) is 0 Å². The average Bonchev–Trinajstić information content (AvgIpc) is 3.28. The first kappa shape index (κ1) is 16.1. The number of aryl methyl sites for hydroxylation is 1. The number of imidazole rings is 1. The number of hydrogen-bond acceptors (Lipinski definition) is 3. The van der Waals surface area contributed by atoms with Crippen LogP contribution in [0.2, 0.25) is 0 Å². The van der Waals surface area contributed by atoms with Gasteiger partial charge in [0.25, 0.3) is 0 Å². The molecule has 2 amide bonds. The molecular weight excluding hydrogens is 316 g/mol. The van der Waals surface area contributed by atoms with Crippen LogP contribution in [0.1, 0.15) is 32.0 Å². The lowest BCUT2D eigenvalue weighted by Crippen LogP contribution is -2.34. The lowest BCUT2D eigenvalue weighted by molar-refractivity contribution is -0.129. The number of amides is 2. The molecule has 1 unspecified atom stereocenters. The maximum atomic E-state index is 12.4. The normalized spacial score (nSPS) is 20.4. The molecule has 25 heavy (non-hydrogen) atoms. The van der Waals surface area contributed by atoms with E-state index in [0.29, 0.717) is 32.0 Å². The Kier molecular flexibility index (Phi) is 4.19. The fourth-order valence-electron chi connectivity index (χ4n) is 3.76. The Balaban J connectivity index is 1.35. The minimum atomic E-state index is -0.196. The Bertz CT molecular complexity index is 809. The van der Waals surface area contributed by atoms with E-state index in [2.05, 4.69) is 27.9 Å². The highest BCUT2D eigenvalue weighted by Crippen LogP contribution is 2.32. The van der Waals surface area contributed by atoms with Gasteiger partial charge >= 0.3 is 0 Å². The van der Waals surface area contributed by atoms with E-state index in [4.69, 9.17) is 0 Å². The molecule has 2 aromatic rings. The van der Waals surface area contributed by atoms with Crippen molar-refractivity contribution in [3.05, 3.63) is 30.1 Å². The number of carbonyl (C=O) groups is 2. The van der Waals surface area contributed by atoms with Gasteiger partial charge in [-0.25, -0.2) is 4.98 Å². The minimum absolute atomic E-state index is 0.00402. The van der Waals surface area contributed by atoms with Gasteiger partial charge in [0.05, 0.1) is 17.0 Å². The van der Waals surface area contributed by atoms with Crippen molar-refractivity contribution < 1.29 is 9.59 Å². The van der Waals surface area contributed by atoms with Gasteiger partial charge in [0, 0.05) is 38.5 Å². The van der Waals surface area contributed by atoms with E-state index in [0.717, 1.165) is 36.2 Å². The molecule has 132 valence electrons. The summed E-state index contributed by atoms with van der Waals surface area (Å²) in [6.45, 7) is 4.10. The smallest absolute Gasteiger partial charge is 0.225 e. The molecule has 1 N–H and O–H groups in total. The van der Waals surface area contributed by atoms with E-state index in [1.54, 1.807) is 0 Å². The second-order valence-corrected chi connectivity index (χ2v) is 6.98. The number of nitrogens with zero attached hydrogens (tertiary/aromatic N) is 3. The average molecular weight is 340 g/mol. The first-order valence-electron chi connectivity index (χ1n) is 9.18. The summed E-state index contributed by atoms with van der Waals surface area (Å²) >= 11 is 0. The molecule has 1 atom stereocenters. The van der Waals surface area contributed by atoms with Gasteiger partial charge in [-0.05, 0) is 31.9 Å². The van der Waals surface area contributed by atoms with Crippen molar-refractivity contribution in [2.45, 2.75) is 45.2 Å². The van der Waals surface area contributed by atoms with E-state index in [1.165, 1.54) is 0 Å². The number of hydrogen-bond donors (Lipinski definition) is 1. The van der Waals surface area contributed by atoms with E-state index in [-0.39, 0.29) is 17.7 Å². The van der Waals surface area contributed by atoms with Crippen LogP contribution >= 0.6 is 0 Å². The van der Waals surface area contributed by atoms with Crippen molar-refractivity contribution in [3.63, 3.8) is 0 Å². The second-order valence-electron chi connectivity index (χ2n) is 6.98. The van der Waals surface area contributed by atoms with Crippen LogP contribution in [0.3, 0.4) is 0 Å². The third-order valence-corrected chi connectivity index (χ3v) is 5.21. The lowest BCUT2D eigenvalue weighted by atomic mass is 10.1. The number of aromatic nitrogens is 2. The zero-order valence-corrected chi connectivity index (χ0v) is 14.6. The quantitative estimate of drug-likeness (QED) is 0.871. The molecule has 1 saturated heterocycles.